The molecule has 1 saturated heterocycles. The molecule has 1 fully saturated rings. The number of carbonyl (C=O) groups is 2. The molecule has 104 valence electrons. The molecule has 2 heterocycles. The van der Waals surface area contributed by atoms with Crippen LogP contribution in [0, 0.1) is 0 Å². The Kier molecular flexibility index (Phi) is 5.18. The van der Waals surface area contributed by atoms with Crippen molar-refractivity contribution in [2.75, 3.05) is 11.5 Å². The normalized spacial score (nSPS) is 22.7. The highest BCUT2D eigenvalue weighted by molar-refractivity contribution is 8.01. The molecular weight excluding hydrogens is 302 g/mol. The summed E-state index contributed by atoms with van der Waals surface area (Å²) >= 11 is 4.62. The molecule has 0 bridgehead atoms. The van der Waals surface area contributed by atoms with Crippen molar-refractivity contribution in [2.45, 2.75) is 29.0 Å². The van der Waals surface area contributed by atoms with Crippen LogP contribution < -0.4 is 0 Å². The topological polar surface area (TPSA) is 57.6 Å². The zero-order chi connectivity index (χ0) is 13.8. The smallest absolute Gasteiger partial charge is 0.327 e. The number of thiophene rings is 1. The number of hydrogen-bond acceptors (Lipinski definition) is 5. The number of carbonyl (C=O) groups excluding carboxylic acids is 1. The average molecular weight is 317 g/mol. The Bertz CT molecular complexity index is 449. The zero-order valence-electron chi connectivity index (χ0n) is 10.4. The van der Waals surface area contributed by atoms with Crippen LogP contribution in [0.15, 0.2) is 21.7 Å². The quantitative estimate of drug-likeness (QED) is 0.846. The molecule has 0 aromatic carbocycles. The minimum Gasteiger partial charge on any atom is -0.480 e. The summed E-state index contributed by atoms with van der Waals surface area (Å²) in [4.78, 5) is 25.0. The van der Waals surface area contributed by atoms with Gasteiger partial charge in [0, 0.05) is 5.75 Å². The third kappa shape index (κ3) is 3.46. The SMILES string of the molecule is CCC1SCC(C(=O)O)N1C(=O)CSc1cccs1. The fraction of sp³-hybridized carbons (Fsp3) is 0.500. The van der Waals surface area contributed by atoms with Gasteiger partial charge in [0.25, 0.3) is 0 Å². The van der Waals surface area contributed by atoms with E-state index in [1.165, 1.54) is 11.8 Å². The Hall–Kier alpha value is -0.660. The number of amides is 1. The molecule has 0 aliphatic carbocycles. The first-order valence-electron chi connectivity index (χ1n) is 5.95. The molecule has 2 rings (SSSR count). The van der Waals surface area contributed by atoms with Gasteiger partial charge in [0.15, 0.2) is 0 Å². The van der Waals surface area contributed by atoms with Gasteiger partial charge in [-0.3, -0.25) is 4.79 Å². The molecule has 19 heavy (non-hydrogen) atoms. The first-order chi connectivity index (χ1) is 9.13. The van der Waals surface area contributed by atoms with Gasteiger partial charge in [0.2, 0.25) is 5.91 Å². The predicted octanol–water partition coefficient (Wildman–Crippen LogP) is 2.60. The number of aliphatic carboxylic acids is 1. The molecule has 0 saturated carbocycles. The number of hydrogen-bond donors (Lipinski definition) is 1. The lowest BCUT2D eigenvalue weighted by molar-refractivity contribution is -0.148. The molecule has 1 aliphatic heterocycles. The summed E-state index contributed by atoms with van der Waals surface area (Å²) in [6, 6.07) is 3.23. The minimum absolute atomic E-state index is 0.00228. The van der Waals surface area contributed by atoms with Gasteiger partial charge in [-0.2, -0.15) is 0 Å². The largest absolute Gasteiger partial charge is 0.480 e. The van der Waals surface area contributed by atoms with E-state index in [0.717, 1.165) is 10.6 Å². The Labute approximate surface area is 124 Å². The van der Waals surface area contributed by atoms with Crippen molar-refractivity contribution < 1.29 is 14.7 Å². The summed E-state index contributed by atoms with van der Waals surface area (Å²) in [5, 5.41) is 11.1. The number of carboxylic acids is 1. The second-order valence-electron chi connectivity index (χ2n) is 4.07. The van der Waals surface area contributed by atoms with Crippen LogP contribution in [-0.2, 0) is 9.59 Å². The van der Waals surface area contributed by atoms with Gasteiger partial charge in [-0.15, -0.1) is 34.9 Å². The van der Waals surface area contributed by atoms with Gasteiger partial charge < -0.3 is 10.0 Å². The zero-order valence-corrected chi connectivity index (χ0v) is 12.9. The maximum absolute atomic E-state index is 12.3. The van der Waals surface area contributed by atoms with Crippen LogP contribution >= 0.6 is 34.9 Å². The molecule has 1 aromatic heterocycles. The van der Waals surface area contributed by atoms with Crippen LogP contribution in [0.1, 0.15) is 13.3 Å². The van der Waals surface area contributed by atoms with Crippen molar-refractivity contribution >= 4 is 46.7 Å². The minimum atomic E-state index is -0.905. The molecule has 2 atom stereocenters. The summed E-state index contributed by atoms with van der Waals surface area (Å²) in [6.07, 6.45) is 0.782. The molecule has 1 aliphatic rings. The highest BCUT2D eigenvalue weighted by Crippen LogP contribution is 2.33. The number of thioether (sulfide) groups is 2. The molecule has 0 spiro atoms. The molecule has 0 radical (unpaired) electrons. The van der Waals surface area contributed by atoms with E-state index in [9.17, 15) is 14.7 Å². The molecule has 1 amide bonds. The maximum atomic E-state index is 12.3. The summed E-state index contributed by atoms with van der Waals surface area (Å²) in [5.41, 5.74) is 0. The lowest BCUT2D eigenvalue weighted by atomic mass is 10.2. The van der Waals surface area contributed by atoms with Crippen molar-refractivity contribution in [3.8, 4) is 0 Å². The van der Waals surface area contributed by atoms with Crippen molar-refractivity contribution in [1.29, 1.82) is 0 Å². The first kappa shape index (κ1) is 14.7. The van der Waals surface area contributed by atoms with E-state index < -0.39 is 12.0 Å². The van der Waals surface area contributed by atoms with E-state index >= 15 is 0 Å². The third-order valence-corrected chi connectivity index (χ3v) is 6.42. The van der Waals surface area contributed by atoms with Crippen LogP contribution in [0.4, 0.5) is 0 Å². The number of carboxylic acid groups (broad SMARTS) is 1. The van der Waals surface area contributed by atoms with Crippen LogP contribution in [0.5, 0.6) is 0 Å². The molecule has 1 N–H and O–H groups in total. The van der Waals surface area contributed by atoms with Crippen molar-refractivity contribution in [2.24, 2.45) is 0 Å². The Balaban J connectivity index is 2.00. The third-order valence-electron chi connectivity index (χ3n) is 2.85. The molecule has 7 heteroatoms. The van der Waals surface area contributed by atoms with Gasteiger partial charge in [-0.1, -0.05) is 13.0 Å². The molecular formula is C12H15NO3S3. The summed E-state index contributed by atoms with van der Waals surface area (Å²) in [7, 11) is 0. The van der Waals surface area contributed by atoms with E-state index in [-0.39, 0.29) is 11.3 Å². The maximum Gasteiger partial charge on any atom is 0.327 e. The van der Waals surface area contributed by atoms with Gasteiger partial charge in [0.05, 0.1) is 15.3 Å². The standard InChI is InChI=1S/C12H15NO3S3/c1-2-10-13(8(6-18-10)12(15)16)9(14)7-19-11-4-3-5-17-11/h3-5,8,10H,2,6-7H2,1H3,(H,15,16). The van der Waals surface area contributed by atoms with E-state index in [1.54, 1.807) is 28.0 Å². The monoisotopic (exact) mass is 317 g/mol. The highest BCUT2D eigenvalue weighted by Gasteiger charge is 2.40. The van der Waals surface area contributed by atoms with E-state index in [0.29, 0.717) is 11.5 Å². The molecule has 4 nitrogen and oxygen atoms in total. The van der Waals surface area contributed by atoms with Crippen LogP contribution in [-0.4, -0.2) is 44.8 Å². The van der Waals surface area contributed by atoms with E-state index in [1.807, 2.05) is 24.4 Å². The Morgan fingerprint density at radius 2 is 2.37 bits per heavy atom. The van der Waals surface area contributed by atoms with Gasteiger partial charge in [-0.25, -0.2) is 4.79 Å². The fourth-order valence-corrected chi connectivity index (χ4v) is 4.98. The fourth-order valence-electron chi connectivity index (χ4n) is 1.96. The Morgan fingerprint density at radius 3 is 2.95 bits per heavy atom. The van der Waals surface area contributed by atoms with Gasteiger partial charge in [-0.05, 0) is 17.9 Å². The summed E-state index contributed by atoms with van der Waals surface area (Å²) in [5.74, 6) is -0.189. The Morgan fingerprint density at radius 1 is 1.58 bits per heavy atom. The molecule has 1 aromatic rings. The van der Waals surface area contributed by atoms with Crippen LogP contribution in [0.3, 0.4) is 0 Å². The van der Waals surface area contributed by atoms with Crippen LogP contribution in [0.25, 0.3) is 0 Å². The van der Waals surface area contributed by atoms with Crippen molar-refractivity contribution in [1.82, 2.24) is 4.90 Å². The van der Waals surface area contributed by atoms with E-state index in [4.69, 9.17) is 0 Å². The lowest BCUT2D eigenvalue weighted by Crippen LogP contribution is -2.46. The summed E-state index contributed by atoms with van der Waals surface area (Å²) < 4.78 is 1.08. The van der Waals surface area contributed by atoms with Crippen LogP contribution in [0.2, 0.25) is 0 Å². The lowest BCUT2D eigenvalue weighted by Gasteiger charge is -2.26. The second-order valence-corrected chi connectivity index (χ2v) is 7.51. The number of rotatable bonds is 5. The molecule has 2 unspecified atom stereocenters. The number of nitrogens with zero attached hydrogens (tertiary/aromatic N) is 1. The summed E-state index contributed by atoms with van der Waals surface area (Å²) in [6.45, 7) is 1.98. The highest BCUT2D eigenvalue weighted by atomic mass is 32.2. The van der Waals surface area contributed by atoms with Crippen molar-refractivity contribution in [3.63, 3.8) is 0 Å². The first-order valence-corrected chi connectivity index (χ1v) is 8.86. The van der Waals surface area contributed by atoms with Crippen molar-refractivity contribution in [3.05, 3.63) is 17.5 Å². The van der Waals surface area contributed by atoms with Gasteiger partial charge >= 0.3 is 5.97 Å². The second kappa shape index (κ2) is 6.67. The van der Waals surface area contributed by atoms with E-state index in [2.05, 4.69) is 0 Å². The average Bonchev–Trinajstić information content (AvgIpc) is 3.04. The predicted molar refractivity (Wildman–Crippen MR) is 79.8 cm³/mol. The van der Waals surface area contributed by atoms with Gasteiger partial charge in [0.1, 0.15) is 6.04 Å².